The van der Waals surface area contributed by atoms with Gasteiger partial charge in [-0.25, -0.2) is 4.99 Å². The van der Waals surface area contributed by atoms with E-state index in [0.29, 0.717) is 16.6 Å². The summed E-state index contributed by atoms with van der Waals surface area (Å²) in [5, 5.41) is 0.688. The summed E-state index contributed by atoms with van der Waals surface area (Å²) in [6.45, 7) is 2.53. The van der Waals surface area contributed by atoms with E-state index >= 15 is 0 Å². The van der Waals surface area contributed by atoms with Gasteiger partial charge in [-0.05, 0) is 49.0 Å². The number of carbonyl (C=O) groups is 1. The van der Waals surface area contributed by atoms with Crippen LogP contribution in [0.1, 0.15) is 12.6 Å². The highest BCUT2D eigenvalue weighted by Gasteiger charge is 2.32. The Hall–Kier alpha value is -2.34. The fourth-order valence-corrected chi connectivity index (χ4v) is 3.03. The van der Waals surface area contributed by atoms with E-state index in [0.717, 1.165) is 11.4 Å². The summed E-state index contributed by atoms with van der Waals surface area (Å²) >= 11 is 1.38. The van der Waals surface area contributed by atoms with Gasteiger partial charge in [0.05, 0.1) is 16.8 Å². The van der Waals surface area contributed by atoms with E-state index in [1.54, 1.807) is 17.3 Å². The van der Waals surface area contributed by atoms with Crippen LogP contribution in [0.15, 0.2) is 52.8 Å². The van der Waals surface area contributed by atoms with Crippen LogP contribution >= 0.6 is 11.8 Å². The third-order valence-electron chi connectivity index (χ3n) is 2.98. The van der Waals surface area contributed by atoms with Gasteiger partial charge in [0.25, 0.3) is 5.91 Å². The Bertz CT molecular complexity index is 692. The van der Waals surface area contributed by atoms with Gasteiger partial charge in [-0.15, -0.1) is 0 Å². The van der Waals surface area contributed by atoms with Gasteiger partial charge in [0.1, 0.15) is 0 Å². The Labute approximate surface area is 126 Å². The van der Waals surface area contributed by atoms with Gasteiger partial charge in [-0.2, -0.15) is 0 Å². The smallest absolute Gasteiger partial charge is 0.266 e. The van der Waals surface area contributed by atoms with Crippen molar-refractivity contribution in [2.24, 2.45) is 4.99 Å². The molecule has 1 fully saturated rings. The van der Waals surface area contributed by atoms with Crippen LogP contribution in [0.2, 0.25) is 0 Å². The summed E-state index contributed by atoms with van der Waals surface area (Å²) in [6.07, 6.45) is 7.06. The molecule has 1 N–H and O–H groups in total. The van der Waals surface area contributed by atoms with Crippen molar-refractivity contribution < 1.29 is 4.79 Å². The molecule has 3 rings (SSSR count). The quantitative estimate of drug-likeness (QED) is 0.886. The van der Waals surface area contributed by atoms with E-state index in [1.807, 2.05) is 43.5 Å². The summed E-state index contributed by atoms with van der Waals surface area (Å²) in [4.78, 5) is 26.4. The van der Waals surface area contributed by atoms with Gasteiger partial charge in [-0.3, -0.25) is 14.7 Å². The third kappa shape index (κ3) is 2.90. The number of rotatable bonds is 3. The molecule has 0 saturated carbocycles. The first kappa shape index (κ1) is 13.6. The van der Waals surface area contributed by atoms with Crippen LogP contribution in [-0.4, -0.2) is 32.5 Å². The van der Waals surface area contributed by atoms with Gasteiger partial charge in [0.2, 0.25) is 0 Å². The molecule has 2 aromatic rings. The first-order chi connectivity index (χ1) is 10.3. The average Bonchev–Trinajstić information content (AvgIpc) is 3.10. The Balaban J connectivity index is 1.92. The van der Waals surface area contributed by atoms with Crippen molar-refractivity contribution in [3.63, 3.8) is 0 Å². The largest absolute Gasteiger partial charge is 0.362 e. The first-order valence-electron chi connectivity index (χ1n) is 6.61. The lowest BCUT2D eigenvalue weighted by atomic mass is 10.3. The minimum atomic E-state index is -0.0141. The van der Waals surface area contributed by atoms with Crippen molar-refractivity contribution in [1.82, 2.24) is 14.9 Å². The highest BCUT2D eigenvalue weighted by molar-refractivity contribution is 8.18. The zero-order valence-electron chi connectivity index (χ0n) is 11.5. The van der Waals surface area contributed by atoms with E-state index in [4.69, 9.17) is 0 Å². The number of carbonyl (C=O) groups excluding carboxylic acids is 1. The van der Waals surface area contributed by atoms with E-state index in [-0.39, 0.29) is 5.91 Å². The van der Waals surface area contributed by atoms with E-state index in [2.05, 4.69) is 15.0 Å². The number of hydrogen-bond acceptors (Lipinski definition) is 4. The number of aliphatic imine (C=N–C) groups is 1. The van der Waals surface area contributed by atoms with Crippen LogP contribution in [-0.2, 0) is 4.79 Å². The molecule has 106 valence electrons. The lowest BCUT2D eigenvalue weighted by Crippen LogP contribution is -2.28. The van der Waals surface area contributed by atoms with Crippen LogP contribution in [0, 0.1) is 0 Å². The highest BCUT2D eigenvalue weighted by atomic mass is 32.2. The van der Waals surface area contributed by atoms with E-state index in [9.17, 15) is 4.79 Å². The normalized spacial score (nSPS) is 18.9. The number of H-pyrrole nitrogens is 1. The second kappa shape index (κ2) is 5.97. The number of aromatic amines is 1. The van der Waals surface area contributed by atoms with Gasteiger partial charge in [0, 0.05) is 24.6 Å². The molecule has 0 radical (unpaired) electrons. The maximum absolute atomic E-state index is 12.4. The number of aromatic nitrogens is 2. The first-order valence-corrected chi connectivity index (χ1v) is 7.43. The number of pyridine rings is 1. The van der Waals surface area contributed by atoms with Crippen molar-refractivity contribution in [3.8, 4) is 0 Å². The Morgan fingerprint density at radius 1 is 1.43 bits per heavy atom. The van der Waals surface area contributed by atoms with Gasteiger partial charge < -0.3 is 4.98 Å². The monoisotopic (exact) mass is 298 g/mol. The van der Waals surface area contributed by atoms with Crippen molar-refractivity contribution in [2.45, 2.75) is 6.92 Å². The standard InChI is InChI=1S/C15H14N4OS/c1-2-19-14(20)13(9-11-5-4-8-17-11)21-15(19)18-12-6-3-7-16-10-12/h3-10,17H,2H2,1H3/b13-9+,18-15?. The number of amides is 1. The van der Waals surface area contributed by atoms with Crippen molar-refractivity contribution in [2.75, 3.05) is 6.54 Å². The summed E-state index contributed by atoms with van der Waals surface area (Å²) in [5.74, 6) is -0.0141. The van der Waals surface area contributed by atoms with Crippen LogP contribution in [0.25, 0.3) is 6.08 Å². The number of hydrogen-bond donors (Lipinski definition) is 1. The molecule has 0 aromatic carbocycles. The third-order valence-corrected chi connectivity index (χ3v) is 3.99. The van der Waals surface area contributed by atoms with Gasteiger partial charge in [-0.1, -0.05) is 0 Å². The molecule has 0 atom stereocenters. The molecule has 0 aliphatic carbocycles. The molecule has 1 amide bonds. The molecule has 1 aliphatic heterocycles. The minimum absolute atomic E-state index is 0.0141. The molecular weight excluding hydrogens is 284 g/mol. The molecule has 1 aliphatic rings. The molecular formula is C15H14N4OS. The maximum atomic E-state index is 12.4. The molecule has 1 saturated heterocycles. The number of nitrogens with one attached hydrogen (secondary N) is 1. The van der Waals surface area contributed by atoms with Crippen LogP contribution in [0.5, 0.6) is 0 Å². The lowest BCUT2D eigenvalue weighted by molar-refractivity contribution is -0.122. The predicted molar refractivity (Wildman–Crippen MR) is 85.1 cm³/mol. The molecule has 2 aromatic heterocycles. The lowest BCUT2D eigenvalue weighted by Gasteiger charge is -2.11. The number of nitrogens with zero attached hydrogens (tertiary/aromatic N) is 3. The number of amidine groups is 1. The topological polar surface area (TPSA) is 61.4 Å². The fourth-order valence-electron chi connectivity index (χ4n) is 1.98. The molecule has 5 nitrogen and oxygen atoms in total. The molecule has 0 bridgehead atoms. The summed E-state index contributed by atoms with van der Waals surface area (Å²) < 4.78 is 0. The molecule has 3 heterocycles. The summed E-state index contributed by atoms with van der Waals surface area (Å²) in [5.41, 5.74) is 1.65. The SMILES string of the molecule is CCN1C(=O)/C(=C\c2ccc[nH]2)SC1=Nc1cccnc1. The van der Waals surface area contributed by atoms with Crippen molar-refractivity contribution in [3.05, 3.63) is 53.5 Å². The Kier molecular flexibility index (Phi) is 3.87. The van der Waals surface area contributed by atoms with E-state index < -0.39 is 0 Å². The number of thioether (sulfide) groups is 1. The zero-order chi connectivity index (χ0) is 14.7. The summed E-state index contributed by atoms with van der Waals surface area (Å²) in [7, 11) is 0. The summed E-state index contributed by atoms with van der Waals surface area (Å²) in [6, 6.07) is 7.52. The second-order valence-corrected chi connectivity index (χ2v) is 5.40. The van der Waals surface area contributed by atoms with Crippen LogP contribution in [0.4, 0.5) is 5.69 Å². The molecule has 21 heavy (non-hydrogen) atoms. The van der Waals surface area contributed by atoms with Crippen LogP contribution < -0.4 is 0 Å². The van der Waals surface area contributed by atoms with Crippen molar-refractivity contribution >= 4 is 34.6 Å². The molecule has 6 heteroatoms. The molecule has 0 unspecified atom stereocenters. The Morgan fingerprint density at radius 3 is 3.00 bits per heavy atom. The van der Waals surface area contributed by atoms with Crippen LogP contribution in [0.3, 0.4) is 0 Å². The Morgan fingerprint density at radius 2 is 2.33 bits per heavy atom. The minimum Gasteiger partial charge on any atom is -0.362 e. The van der Waals surface area contributed by atoms with Gasteiger partial charge >= 0.3 is 0 Å². The zero-order valence-corrected chi connectivity index (χ0v) is 12.3. The van der Waals surface area contributed by atoms with Crippen molar-refractivity contribution in [1.29, 1.82) is 0 Å². The fraction of sp³-hybridized carbons (Fsp3) is 0.133. The average molecular weight is 298 g/mol. The second-order valence-electron chi connectivity index (χ2n) is 4.39. The maximum Gasteiger partial charge on any atom is 0.266 e. The number of likely N-dealkylation sites (N-methyl/N-ethyl adjacent to an activating group) is 1. The van der Waals surface area contributed by atoms with Gasteiger partial charge in [0.15, 0.2) is 5.17 Å². The molecule has 0 spiro atoms. The highest BCUT2D eigenvalue weighted by Crippen LogP contribution is 2.33. The predicted octanol–water partition coefficient (Wildman–Crippen LogP) is 3.03. The van der Waals surface area contributed by atoms with E-state index in [1.165, 1.54) is 11.8 Å².